The summed E-state index contributed by atoms with van der Waals surface area (Å²) in [5.41, 5.74) is 4.76. The second-order valence-electron chi connectivity index (χ2n) is 1.94. The van der Waals surface area contributed by atoms with Gasteiger partial charge in [-0.2, -0.15) is 0 Å². The van der Waals surface area contributed by atoms with Crippen LogP contribution in [-0.2, 0) is 14.6 Å². The fourth-order valence-corrected chi connectivity index (χ4v) is 1.95. The predicted molar refractivity (Wildman–Crippen MR) is 34.2 cm³/mol. The van der Waals surface area contributed by atoms with Crippen LogP contribution in [0.2, 0.25) is 0 Å². The van der Waals surface area contributed by atoms with Gasteiger partial charge in [0.15, 0.2) is 9.84 Å². The molecule has 10 heavy (non-hydrogen) atoms. The standard InChI is InChI=1S/C4H7N2O3S/c5-3(7)4-6-1-2-10(4,8)9/h6H,1-2H2,(H2,5,7). The van der Waals surface area contributed by atoms with E-state index < -0.39 is 15.7 Å². The number of rotatable bonds is 1. The highest BCUT2D eigenvalue weighted by Crippen LogP contribution is 2.12. The SMILES string of the molecule is NC(=O)[C]1NCCS1(=O)=O. The van der Waals surface area contributed by atoms with E-state index in [1.807, 2.05) is 0 Å². The van der Waals surface area contributed by atoms with Gasteiger partial charge in [0.1, 0.15) is 0 Å². The molecule has 0 bridgehead atoms. The minimum atomic E-state index is -3.36. The summed E-state index contributed by atoms with van der Waals surface area (Å²) in [5.74, 6) is -0.942. The van der Waals surface area contributed by atoms with Crippen molar-refractivity contribution in [3.05, 3.63) is 5.37 Å². The van der Waals surface area contributed by atoms with Crippen molar-refractivity contribution in [2.75, 3.05) is 12.3 Å². The van der Waals surface area contributed by atoms with E-state index in [1.165, 1.54) is 0 Å². The van der Waals surface area contributed by atoms with E-state index in [-0.39, 0.29) is 17.7 Å². The second kappa shape index (κ2) is 2.21. The first-order chi connectivity index (χ1) is 4.54. The van der Waals surface area contributed by atoms with Crippen LogP contribution in [0.25, 0.3) is 0 Å². The average Bonchev–Trinajstić information content (AvgIpc) is 2.08. The van der Waals surface area contributed by atoms with Crippen LogP contribution in [0.3, 0.4) is 0 Å². The largest absolute Gasteiger partial charge is 0.367 e. The fraction of sp³-hybridized carbons (Fsp3) is 0.500. The van der Waals surface area contributed by atoms with Gasteiger partial charge in [-0.25, -0.2) is 8.42 Å². The van der Waals surface area contributed by atoms with Gasteiger partial charge in [0.25, 0.3) is 5.91 Å². The zero-order chi connectivity index (χ0) is 7.78. The number of nitrogens with two attached hydrogens (primary N) is 1. The van der Waals surface area contributed by atoms with E-state index in [2.05, 4.69) is 5.32 Å². The monoisotopic (exact) mass is 163 g/mol. The van der Waals surface area contributed by atoms with Gasteiger partial charge < -0.3 is 5.73 Å². The summed E-state index contributed by atoms with van der Waals surface area (Å²) in [6, 6.07) is 0. The third-order valence-electron chi connectivity index (χ3n) is 1.19. The topological polar surface area (TPSA) is 89.3 Å². The highest BCUT2D eigenvalue weighted by Gasteiger charge is 2.36. The van der Waals surface area contributed by atoms with Gasteiger partial charge in [0, 0.05) is 6.54 Å². The Hall–Kier alpha value is -0.620. The molecule has 5 nitrogen and oxygen atoms in total. The zero-order valence-electron chi connectivity index (χ0n) is 5.12. The van der Waals surface area contributed by atoms with Crippen LogP contribution in [-0.4, -0.2) is 26.6 Å². The number of sulfone groups is 1. The molecule has 1 aliphatic heterocycles. The molecule has 0 aromatic heterocycles. The van der Waals surface area contributed by atoms with Crippen molar-refractivity contribution in [2.24, 2.45) is 5.73 Å². The van der Waals surface area contributed by atoms with Gasteiger partial charge >= 0.3 is 0 Å². The molecule has 1 heterocycles. The van der Waals surface area contributed by atoms with Crippen LogP contribution >= 0.6 is 0 Å². The maximum atomic E-state index is 10.8. The van der Waals surface area contributed by atoms with Crippen molar-refractivity contribution in [3.8, 4) is 0 Å². The molecule has 1 radical (unpaired) electrons. The van der Waals surface area contributed by atoms with Gasteiger partial charge in [-0.3, -0.25) is 10.1 Å². The lowest BCUT2D eigenvalue weighted by Crippen LogP contribution is -2.32. The molecule has 1 aliphatic rings. The maximum Gasteiger partial charge on any atom is 0.257 e. The number of amides is 1. The lowest BCUT2D eigenvalue weighted by Gasteiger charge is -2.00. The number of carbonyl (C=O) groups excluding carboxylic acids is 1. The minimum Gasteiger partial charge on any atom is -0.367 e. The summed E-state index contributed by atoms with van der Waals surface area (Å²) < 4.78 is 21.6. The Morgan fingerprint density at radius 3 is 2.40 bits per heavy atom. The molecule has 1 saturated heterocycles. The smallest absolute Gasteiger partial charge is 0.257 e. The van der Waals surface area contributed by atoms with Crippen LogP contribution in [0.4, 0.5) is 0 Å². The molecule has 1 rings (SSSR count). The summed E-state index contributed by atoms with van der Waals surface area (Å²) >= 11 is 0. The van der Waals surface area contributed by atoms with E-state index in [9.17, 15) is 13.2 Å². The normalized spacial score (nSPS) is 24.8. The molecule has 0 unspecified atom stereocenters. The molecule has 1 amide bonds. The third kappa shape index (κ3) is 1.12. The Labute approximate surface area is 58.5 Å². The molecule has 0 aromatic carbocycles. The average molecular weight is 163 g/mol. The second-order valence-corrected chi connectivity index (χ2v) is 3.99. The summed E-state index contributed by atoms with van der Waals surface area (Å²) in [7, 11) is -3.36. The Morgan fingerprint density at radius 2 is 2.20 bits per heavy atom. The van der Waals surface area contributed by atoms with Gasteiger partial charge in [0.05, 0.1) is 5.75 Å². The van der Waals surface area contributed by atoms with E-state index in [4.69, 9.17) is 5.73 Å². The number of carbonyl (C=O) groups is 1. The number of hydrogen-bond donors (Lipinski definition) is 2. The summed E-state index contributed by atoms with van der Waals surface area (Å²) in [6.07, 6.45) is 0. The molecule has 6 heteroatoms. The highest BCUT2D eigenvalue weighted by molar-refractivity contribution is 7.95. The van der Waals surface area contributed by atoms with Gasteiger partial charge in [-0.05, 0) is 0 Å². The molecular weight excluding hydrogens is 156 g/mol. The molecule has 57 valence electrons. The minimum absolute atomic E-state index is 0.0364. The fourth-order valence-electron chi connectivity index (χ4n) is 0.751. The van der Waals surface area contributed by atoms with Crippen LogP contribution in [0.1, 0.15) is 0 Å². The molecule has 0 saturated carbocycles. The first-order valence-electron chi connectivity index (χ1n) is 2.67. The Balaban J connectivity index is 2.90. The van der Waals surface area contributed by atoms with Crippen molar-refractivity contribution >= 4 is 15.7 Å². The molecule has 0 aromatic rings. The van der Waals surface area contributed by atoms with Gasteiger partial charge in [-0.1, -0.05) is 0 Å². The molecule has 1 fully saturated rings. The summed E-state index contributed by atoms with van der Waals surface area (Å²) in [5, 5.41) is 2.05. The number of primary amides is 1. The van der Waals surface area contributed by atoms with Crippen LogP contribution < -0.4 is 11.1 Å². The van der Waals surface area contributed by atoms with E-state index in [1.54, 1.807) is 0 Å². The molecular formula is C4H7N2O3S. The van der Waals surface area contributed by atoms with Crippen molar-refractivity contribution in [3.63, 3.8) is 0 Å². The van der Waals surface area contributed by atoms with Gasteiger partial charge in [-0.15, -0.1) is 0 Å². The van der Waals surface area contributed by atoms with Crippen molar-refractivity contribution in [1.29, 1.82) is 0 Å². The van der Waals surface area contributed by atoms with E-state index >= 15 is 0 Å². The predicted octanol–water partition coefficient (Wildman–Crippen LogP) is -2.02. The molecule has 0 spiro atoms. The molecule has 0 aliphatic carbocycles. The number of nitrogens with one attached hydrogen (secondary N) is 1. The van der Waals surface area contributed by atoms with E-state index in [0.717, 1.165) is 0 Å². The molecule has 0 atom stereocenters. The number of hydrogen-bond acceptors (Lipinski definition) is 4. The summed E-state index contributed by atoms with van der Waals surface area (Å²) in [4.78, 5) is 10.4. The van der Waals surface area contributed by atoms with Crippen LogP contribution in [0.15, 0.2) is 0 Å². The lowest BCUT2D eigenvalue weighted by molar-refractivity contribution is -0.115. The first kappa shape index (κ1) is 7.49. The van der Waals surface area contributed by atoms with E-state index in [0.29, 0.717) is 0 Å². The van der Waals surface area contributed by atoms with Gasteiger partial charge in [0.2, 0.25) is 5.37 Å². The third-order valence-corrected chi connectivity index (χ3v) is 2.90. The quantitative estimate of drug-likeness (QED) is 0.467. The lowest BCUT2D eigenvalue weighted by atomic mass is 10.6. The van der Waals surface area contributed by atoms with Crippen LogP contribution in [0.5, 0.6) is 0 Å². The first-order valence-corrected chi connectivity index (χ1v) is 4.32. The van der Waals surface area contributed by atoms with Crippen molar-refractivity contribution in [1.82, 2.24) is 5.32 Å². The van der Waals surface area contributed by atoms with Crippen LogP contribution in [0, 0.1) is 5.37 Å². The maximum absolute atomic E-state index is 10.8. The van der Waals surface area contributed by atoms with Crippen molar-refractivity contribution < 1.29 is 13.2 Å². The highest BCUT2D eigenvalue weighted by atomic mass is 32.2. The summed E-state index contributed by atoms with van der Waals surface area (Å²) in [6.45, 7) is 0.278. The zero-order valence-corrected chi connectivity index (χ0v) is 5.94. The van der Waals surface area contributed by atoms with Crippen molar-refractivity contribution in [2.45, 2.75) is 0 Å². The molecule has 3 N–H and O–H groups in total. The Morgan fingerprint density at radius 1 is 1.60 bits per heavy atom. The Bertz CT molecular complexity index is 245. The Kier molecular flexibility index (Phi) is 1.65.